The molecule has 1 N–H and O–H groups in total. The predicted molar refractivity (Wildman–Crippen MR) is 51.9 cm³/mol. The van der Waals surface area contributed by atoms with Gasteiger partial charge in [-0.05, 0) is 11.1 Å². The van der Waals surface area contributed by atoms with E-state index >= 15 is 0 Å². The van der Waals surface area contributed by atoms with E-state index in [0.29, 0.717) is 19.8 Å². The summed E-state index contributed by atoms with van der Waals surface area (Å²) in [6, 6.07) is 7.77. The SMILES string of the molecule is OCc1ccc(C2COCCO2)cc1. The van der Waals surface area contributed by atoms with Gasteiger partial charge in [0, 0.05) is 0 Å². The minimum Gasteiger partial charge on any atom is -0.392 e. The third-order valence-corrected chi connectivity index (χ3v) is 2.35. The van der Waals surface area contributed by atoms with Crippen molar-refractivity contribution >= 4 is 0 Å². The number of aliphatic hydroxyl groups excluding tert-OH is 1. The van der Waals surface area contributed by atoms with Crippen LogP contribution in [0.15, 0.2) is 24.3 Å². The average Bonchev–Trinajstić information content (AvgIpc) is 2.30. The van der Waals surface area contributed by atoms with Crippen molar-refractivity contribution in [2.75, 3.05) is 19.8 Å². The quantitative estimate of drug-likeness (QED) is 0.770. The van der Waals surface area contributed by atoms with Crippen molar-refractivity contribution in [2.45, 2.75) is 12.7 Å². The summed E-state index contributed by atoms with van der Waals surface area (Å²) in [7, 11) is 0. The Labute approximate surface area is 83.3 Å². The molecule has 1 heterocycles. The highest BCUT2D eigenvalue weighted by atomic mass is 16.6. The van der Waals surface area contributed by atoms with Crippen LogP contribution >= 0.6 is 0 Å². The molecular weight excluding hydrogens is 180 g/mol. The zero-order valence-corrected chi connectivity index (χ0v) is 7.98. The highest BCUT2D eigenvalue weighted by Crippen LogP contribution is 2.20. The van der Waals surface area contributed by atoms with E-state index in [1.165, 1.54) is 0 Å². The molecule has 1 aliphatic rings. The van der Waals surface area contributed by atoms with Crippen molar-refractivity contribution in [3.05, 3.63) is 35.4 Å². The zero-order chi connectivity index (χ0) is 9.80. The summed E-state index contributed by atoms with van der Waals surface area (Å²) in [4.78, 5) is 0. The molecule has 0 spiro atoms. The number of ether oxygens (including phenoxy) is 2. The molecule has 2 rings (SSSR count). The molecule has 0 aromatic heterocycles. The molecule has 1 saturated heterocycles. The summed E-state index contributed by atoms with van der Waals surface area (Å²) < 4.78 is 10.9. The van der Waals surface area contributed by atoms with Crippen LogP contribution < -0.4 is 0 Å². The Bertz CT molecular complexity index is 275. The largest absolute Gasteiger partial charge is 0.392 e. The van der Waals surface area contributed by atoms with E-state index < -0.39 is 0 Å². The van der Waals surface area contributed by atoms with Crippen LogP contribution in [0.4, 0.5) is 0 Å². The lowest BCUT2D eigenvalue weighted by molar-refractivity contribution is -0.0901. The maximum absolute atomic E-state index is 8.88. The lowest BCUT2D eigenvalue weighted by Gasteiger charge is -2.23. The summed E-state index contributed by atoms with van der Waals surface area (Å²) in [5.74, 6) is 0. The van der Waals surface area contributed by atoms with E-state index in [-0.39, 0.29) is 12.7 Å². The fraction of sp³-hybridized carbons (Fsp3) is 0.455. The van der Waals surface area contributed by atoms with Gasteiger partial charge in [0.15, 0.2) is 0 Å². The van der Waals surface area contributed by atoms with Gasteiger partial charge in [0.2, 0.25) is 0 Å². The van der Waals surface area contributed by atoms with Crippen molar-refractivity contribution in [1.29, 1.82) is 0 Å². The van der Waals surface area contributed by atoms with Gasteiger partial charge in [-0.3, -0.25) is 0 Å². The van der Waals surface area contributed by atoms with Gasteiger partial charge in [0.1, 0.15) is 6.10 Å². The molecule has 0 aliphatic carbocycles. The van der Waals surface area contributed by atoms with Crippen LogP contribution in [0.2, 0.25) is 0 Å². The Hall–Kier alpha value is -0.900. The first-order chi connectivity index (χ1) is 6.90. The Morgan fingerprint density at radius 2 is 2.00 bits per heavy atom. The first kappa shape index (κ1) is 9.65. The second-order valence-electron chi connectivity index (χ2n) is 3.33. The molecule has 1 aromatic carbocycles. The standard InChI is InChI=1S/C11H14O3/c12-7-9-1-3-10(4-2-9)11-8-13-5-6-14-11/h1-4,11-12H,5-8H2. The third kappa shape index (κ3) is 2.12. The summed E-state index contributed by atoms with van der Waals surface area (Å²) in [5, 5.41) is 8.88. The molecule has 1 aromatic rings. The molecule has 1 fully saturated rings. The molecule has 1 aliphatic heterocycles. The van der Waals surface area contributed by atoms with Gasteiger partial charge in [-0.25, -0.2) is 0 Å². The summed E-state index contributed by atoms with van der Waals surface area (Å²) in [6.45, 7) is 2.05. The predicted octanol–water partition coefficient (Wildman–Crippen LogP) is 1.27. The maximum atomic E-state index is 8.88. The Morgan fingerprint density at radius 1 is 1.21 bits per heavy atom. The number of rotatable bonds is 2. The van der Waals surface area contributed by atoms with Crippen LogP contribution in [0.5, 0.6) is 0 Å². The molecule has 0 amide bonds. The van der Waals surface area contributed by atoms with Crippen LogP contribution in [-0.2, 0) is 16.1 Å². The monoisotopic (exact) mass is 194 g/mol. The average molecular weight is 194 g/mol. The summed E-state index contributed by atoms with van der Waals surface area (Å²) in [5.41, 5.74) is 2.03. The first-order valence-electron chi connectivity index (χ1n) is 4.79. The van der Waals surface area contributed by atoms with Gasteiger partial charge >= 0.3 is 0 Å². The topological polar surface area (TPSA) is 38.7 Å². The highest BCUT2D eigenvalue weighted by molar-refractivity contribution is 5.24. The fourth-order valence-corrected chi connectivity index (χ4v) is 1.52. The first-order valence-corrected chi connectivity index (χ1v) is 4.79. The van der Waals surface area contributed by atoms with Crippen LogP contribution in [0.1, 0.15) is 17.2 Å². The minimum absolute atomic E-state index is 0.0523. The molecule has 1 atom stereocenters. The number of hydrogen-bond donors (Lipinski definition) is 1. The lowest BCUT2D eigenvalue weighted by Crippen LogP contribution is -2.21. The summed E-state index contributed by atoms with van der Waals surface area (Å²) in [6.07, 6.45) is 0.0523. The zero-order valence-electron chi connectivity index (χ0n) is 7.98. The highest BCUT2D eigenvalue weighted by Gasteiger charge is 2.15. The fourth-order valence-electron chi connectivity index (χ4n) is 1.52. The van der Waals surface area contributed by atoms with Gasteiger partial charge in [-0.15, -0.1) is 0 Å². The lowest BCUT2D eigenvalue weighted by atomic mass is 10.1. The van der Waals surface area contributed by atoms with Crippen molar-refractivity contribution in [3.63, 3.8) is 0 Å². The Morgan fingerprint density at radius 3 is 2.57 bits per heavy atom. The van der Waals surface area contributed by atoms with Gasteiger partial charge in [-0.1, -0.05) is 24.3 Å². The van der Waals surface area contributed by atoms with E-state index in [1.807, 2.05) is 24.3 Å². The van der Waals surface area contributed by atoms with Crippen LogP contribution in [0.25, 0.3) is 0 Å². The summed E-state index contributed by atoms with van der Waals surface area (Å²) >= 11 is 0. The van der Waals surface area contributed by atoms with E-state index in [0.717, 1.165) is 11.1 Å². The van der Waals surface area contributed by atoms with Crippen LogP contribution in [-0.4, -0.2) is 24.9 Å². The van der Waals surface area contributed by atoms with E-state index in [2.05, 4.69) is 0 Å². The van der Waals surface area contributed by atoms with Gasteiger partial charge in [0.25, 0.3) is 0 Å². The molecule has 0 radical (unpaired) electrons. The van der Waals surface area contributed by atoms with E-state index in [1.54, 1.807) is 0 Å². The van der Waals surface area contributed by atoms with Gasteiger partial charge in [0.05, 0.1) is 26.4 Å². The van der Waals surface area contributed by atoms with Crippen molar-refractivity contribution in [2.24, 2.45) is 0 Å². The Balaban J connectivity index is 2.07. The molecule has 14 heavy (non-hydrogen) atoms. The normalized spacial score (nSPS) is 22.2. The Kier molecular flexibility index (Phi) is 3.14. The molecule has 3 heteroatoms. The number of aliphatic hydroxyl groups is 1. The van der Waals surface area contributed by atoms with Crippen LogP contribution in [0.3, 0.4) is 0 Å². The molecule has 3 nitrogen and oxygen atoms in total. The minimum atomic E-state index is 0.0523. The smallest absolute Gasteiger partial charge is 0.106 e. The van der Waals surface area contributed by atoms with Crippen molar-refractivity contribution in [1.82, 2.24) is 0 Å². The van der Waals surface area contributed by atoms with Crippen molar-refractivity contribution in [3.8, 4) is 0 Å². The molecule has 76 valence electrons. The number of hydrogen-bond acceptors (Lipinski definition) is 3. The van der Waals surface area contributed by atoms with Gasteiger partial charge in [-0.2, -0.15) is 0 Å². The van der Waals surface area contributed by atoms with E-state index in [4.69, 9.17) is 14.6 Å². The second kappa shape index (κ2) is 4.55. The third-order valence-electron chi connectivity index (χ3n) is 2.35. The maximum Gasteiger partial charge on any atom is 0.106 e. The number of benzene rings is 1. The molecule has 0 saturated carbocycles. The van der Waals surface area contributed by atoms with Gasteiger partial charge < -0.3 is 14.6 Å². The molecule has 0 bridgehead atoms. The van der Waals surface area contributed by atoms with Crippen LogP contribution in [0, 0.1) is 0 Å². The molecular formula is C11H14O3. The second-order valence-corrected chi connectivity index (χ2v) is 3.33. The van der Waals surface area contributed by atoms with Crippen molar-refractivity contribution < 1.29 is 14.6 Å². The molecule has 1 unspecified atom stereocenters. The van der Waals surface area contributed by atoms with E-state index in [9.17, 15) is 0 Å².